The molecular formula is C13H16Cl2N2O. The highest BCUT2D eigenvalue weighted by Crippen LogP contribution is 2.25. The molecule has 98 valence electrons. The molecule has 1 heterocycles. The van der Waals surface area contributed by atoms with Crippen molar-refractivity contribution in [2.24, 2.45) is 5.92 Å². The molecule has 1 aromatic rings. The Labute approximate surface area is 117 Å². The number of likely N-dealkylation sites (tertiary alicyclic amines) is 1. The van der Waals surface area contributed by atoms with E-state index in [9.17, 15) is 4.79 Å². The lowest BCUT2D eigenvalue weighted by molar-refractivity contribution is -0.117. The van der Waals surface area contributed by atoms with Crippen LogP contribution >= 0.6 is 23.2 Å². The molecule has 1 aliphatic heterocycles. The molecule has 1 N–H and O–H groups in total. The summed E-state index contributed by atoms with van der Waals surface area (Å²) in [5.41, 5.74) is 0.695. The summed E-state index contributed by atoms with van der Waals surface area (Å²) in [6.45, 7) is 2.07. The first-order valence-electron chi connectivity index (χ1n) is 5.98. The van der Waals surface area contributed by atoms with Crippen molar-refractivity contribution in [1.29, 1.82) is 0 Å². The number of carbonyl (C=O) groups excluding carboxylic acids is 1. The molecule has 1 aliphatic rings. The van der Waals surface area contributed by atoms with Crippen LogP contribution < -0.4 is 5.32 Å². The first-order valence-corrected chi connectivity index (χ1v) is 6.73. The number of rotatable bonds is 3. The van der Waals surface area contributed by atoms with Gasteiger partial charge in [-0.15, -0.1) is 0 Å². The molecule has 1 fully saturated rings. The average molecular weight is 287 g/mol. The zero-order chi connectivity index (χ0) is 13.1. The van der Waals surface area contributed by atoms with Crippen LogP contribution in [0.25, 0.3) is 0 Å². The number of anilines is 1. The predicted molar refractivity (Wildman–Crippen MR) is 75.3 cm³/mol. The van der Waals surface area contributed by atoms with Crippen LogP contribution in [-0.4, -0.2) is 30.9 Å². The molecule has 0 radical (unpaired) electrons. The molecule has 0 aromatic heterocycles. The van der Waals surface area contributed by atoms with Gasteiger partial charge in [0.2, 0.25) is 5.91 Å². The minimum atomic E-state index is 0.0358. The summed E-state index contributed by atoms with van der Waals surface area (Å²) in [4.78, 5) is 14.1. The van der Waals surface area contributed by atoms with Crippen molar-refractivity contribution in [3.8, 4) is 0 Å². The maximum absolute atomic E-state index is 11.9. The predicted octanol–water partition coefficient (Wildman–Crippen LogP) is 3.27. The number of hydrogen-bond donors (Lipinski definition) is 1. The van der Waals surface area contributed by atoms with Crippen molar-refractivity contribution < 1.29 is 4.79 Å². The Morgan fingerprint density at radius 2 is 2.22 bits per heavy atom. The van der Waals surface area contributed by atoms with Gasteiger partial charge in [-0.2, -0.15) is 0 Å². The van der Waals surface area contributed by atoms with Crippen LogP contribution in [0.2, 0.25) is 10.0 Å². The summed E-state index contributed by atoms with van der Waals surface area (Å²) in [6.07, 6.45) is 1.65. The minimum Gasteiger partial charge on any atom is -0.326 e. The third-order valence-electron chi connectivity index (χ3n) is 3.17. The number of halogens is 2. The van der Waals surface area contributed by atoms with E-state index in [2.05, 4.69) is 17.3 Å². The number of benzene rings is 1. The van der Waals surface area contributed by atoms with Gasteiger partial charge in [-0.3, -0.25) is 4.79 Å². The number of nitrogens with one attached hydrogen (secondary N) is 1. The fourth-order valence-electron chi connectivity index (χ4n) is 2.24. The first kappa shape index (κ1) is 13.7. The van der Waals surface area contributed by atoms with E-state index in [1.54, 1.807) is 18.2 Å². The highest BCUT2D eigenvalue weighted by Gasteiger charge is 2.21. The lowest BCUT2D eigenvalue weighted by Crippen LogP contribution is -2.19. The Bertz CT molecular complexity index is 451. The van der Waals surface area contributed by atoms with Crippen molar-refractivity contribution in [1.82, 2.24) is 4.90 Å². The quantitative estimate of drug-likeness (QED) is 0.925. The van der Waals surface area contributed by atoms with Crippen molar-refractivity contribution >= 4 is 34.8 Å². The highest BCUT2D eigenvalue weighted by molar-refractivity contribution is 6.42. The van der Waals surface area contributed by atoms with Gasteiger partial charge in [0.05, 0.1) is 10.0 Å². The summed E-state index contributed by atoms with van der Waals surface area (Å²) in [6, 6.07) is 5.11. The van der Waals surface area contributed by atoms with E-state index in [0.717, 1.165) is 19.5 Å². The number of nitrogens with zero attached hydrogens (tertiary/aromatic N) is 1. The second kappa shape index (κ2) is 5.91. The van der Waals surface area contributed by atoms with Crippen molar-refractivity contribution in [3.05, 3.63) is 28.2 Å². The third kappa shape index (κ3) is 3.61. The molecule has 1 saturated heterocycles. The fraction of sp³-hybridized carbons (Fsp3) is 0.462. The second-order valence-corrected chi connectivity index (χ2v) is 5.61. The minimum absolute atomic E-state index is 0.0358. The van der Waals surface area contributed by atoms with Crippen molar-refractivity contribution in [3.63, 3.8) is 0 Å². The highest BCUT2D eigenvalue weighted by atomic mass is 35.5. The monoisotopic (exact) mass is 286 g/mol. The topological polar surface area (TPSA) is 32.3 Å². The zero-order valence-electron chi connectivity index (χ0n) is 10.2. The fourth-order valence-corrected chi connectivity index (χ4v) is 2.54. The van der Waals surface area contributed by atoms with Gasteiger partial charge < -0.3 is 10.2 Å². The van der Waals surface area contributed by atoms with Gasteiger partial charge >= 0.3 is 0 Å². The van der Waals surface area contributed by atoms with Gasteiger partial charge in [-0.1, -0.05) is 23.2 Å². The molecule has 18 heavy (non-hydrogen) atoms. The molecule has 0 saturated carbocycles. The third-order valence-corrected chi connectivity index (χ3v) is 3.91. The van der Waals surface area contributed by atoms with Gasteiger partial charge in [0.1, 0.15) is 0 Å². The van der Waals surface area contributed by atoms with Crippen LogP contribution in [-0.2, 0) is 4.79 Å². The number of hydrogen-bond acceptors (Lipinski definition) is 2. The maximum Gasteiger partial charge on any atom is 0.224 e. The van der Waals surface area contributed by atoms with E-state index in [1.807, 2.05) is 0 Å². The molecule has 1 amide bonds. The molecule has 0 spiro atoms. The Morgan fingerprint density at radius 1 is 1.44 bits per heavy atom. The molecule has 3 nitrogen and oxygen atoms in total. The molecule has 2 rings (SSSR count). The van der Waals surface area contributed by atoms with E-state index in [-0.39, 0.29) is 5.91 Å². The Balaban J connectivity index is 1.89. The molecule has 5 heteroatoms. The van der Waals surface area contributed by atoms with Gasteiger partial charge in [-0.25, -0.2) is 0 Å². The Morgan fingerprint density at radius 3 is 2.83 bits per heavy atom. The molecular weight excluding hydrogens is 271 g/mol. The Kier molecular flexibility index (Phi) is 4.49. The largest absolute Gasteiger partial charge is 0.326 e. The van der Waals surface area contributed by atoms with Crippen molar-refractivity contribution in [2.75, 3.05) is 25.5 Å². The van der Waals surface area contributed by atoms with E-state index in [4.69, 9.17) is 23.2 Å². The summed E-state index contributed by atoms with van der Waals surface area (Å²) < 4.78 is 0. The number of carbonyl (C=O) groups is 1. The molecule has 0 bridgehead atoms. The smallest absolute Gasteiger partial charge is 0.224 e. The number of amides is 1. The van der Waals surface area contributed by atoms with Gasteiger partial charge in [0.25, 0.3) is 0 Å². The molecule has 1 aromatic carbocycles. The Hall–Kier alpha value is -0.770. The van der Waals surface area contributed by atoms with E-state index < -0.39 is 0 Å². The van der Waals surface area contributed by atoms with Gasteiger partial charge in [0.15, 0.2) is 0 Å². The van der Waals surface area contributed by atoms with Crippen LogP contribution in [0.3, 0.4) is 0 Å². The standard InChI is InChI=1S/C13H16Cl2N2O/c1-17-5-4-9(8-17)6-13(18)16-10-2-3-11(14)12(15)7-10/h2-3,7,9H,4-6,8H2,1H3,(H,16,18). The lowest BCUT2D eigenvalue weighted by Gasteiger charge is -2.11. The molecule has 1 atom stereocenters. The summed E-state index contributed by atoms with van der Waals surface area (Å²) >= 11 is 11.7. The van der Waals surface area contributed by atoms with Crippen LogP contribution in [0, 0.1) is 5.92 Å². The normalized spacial score (nSPS) is 20.1. The van der Waals surface area contributed by atoms with Gasteiger partial charge in [-0.05, 0) is 44.1 Å². The van der Waals surface area contributed by atoms with Crippen LogP contribution in [0.15, 0.2) is 18.2 Å². The van der Waals surface area contributed by atoms with Crippen LogP contribution in [0.1, 0.15) is 12.8 Å². The summed E-state index contributed by atoms with van der Waals surface area (Å²) in [5, 5.41) is 3.80. The maximum atomic E-state index is 11.9. The molecule has 1 unspecified atom stereocenters. The molecule has 0 aliphatic carbocycles. The first-order chi connectivity index (χ1) is 8.54. The van der Waals surface area contributed by atoms with Crippen molar-refractivity contribution in [2.45, 2.75) is 12.8 Å². The van der Waals surface area contributed by atoms with Crippen LogP contribution in [0.5, 0.6) is 0 Å². The van der Waals surface area contributed by atoms with E-state index in [0.29, 0.717) is 28.1 Å². The SMILES string of the molecule is CN1CCC(CC(=O)Nc2ccc(Cl)c(Cl)c2)C1. The van der Waals surface area contributed by atoms with E-state index in [1.165, 1.54) is 0 Å². The zero-order valence-corrected chi connectivity index (χ0v) is 11.8. The van der Waals surface area contributed by atoms with Crippen LogP contribution in [0.4, 0.5) is 5.69 Å². The average Bonchev–Trinajstić information content (AvgIpc) is 2.69. The lowest BCUT2D eigenvalue weighted by atomic mass is 10.0. The summed E-state index contributed by atoms with van der Waals surface area (Å²) in [5.74, 6) is 0.492. The summed E-state index contributed by atoms with van der Waals surface area (Å²) in [7, 11) is 2.08. The van der Waals surface area contributed by atoms with E-state index >= 15 is 0 Å². The second-order valence-electron chi connectivity index (χ2n) is 4.80. The van der Waals surface area contributed by atoms with Gasteiger partial charge in [0, 0.05) is 18.7 Å².